The van der Waals surface area contributed by atoms with Crippen molar-refractivity contribution in [2.24, 2.45) is 5.73 Å². The maximum atomic E-state index is 12.0. The first-order chi connectivity index (χ1) is 11.6. The highest BCUT2D eigenvalue weighted by molar-refractivity contribution is 5.95. The van der Waals surface area contributed by atoms with Crippen LogP contribution in [0.25, 0.3) is 10.9 Å². The van der Waals surface area contributed by atoms with Gasteiger partial charge in [-0.2, -0.15) is 0 Å². The van der Waals surface area contributed by atoms with Crippen LogP contribution in [0.1, 0.15) is 26.5 Å². The maximum absolute atomic E-state index is 12.0. The zero-order chi connectivity index (χ0) is 16.9. The second kappa shape index (κ2) is 6.87. The largest absolute Gasteiger partial charge is 0.366 e. The third-order valence-corrected chi connectivity index (χ3v) is 3.60. The van der Waals surface area contributed by atoms with E-state index in [0.717, 1.165) is 16.6 Å². The second-order valence-corrected chi connectivity index (χ2v) is 5.30. The average molecular weight is 320 g/mol. The molecule has 24 heavy (non-hydrogen) atoms. The van der Waals surface area contributed by atoms with Crippen LogP contribution < -0.4 is 11.1 Å². The molecule has 2 heterocycles. The number of aromatic nitrogens is 2. The number of fused-ring (bicyclic) bond motifs is 1. The van der Waals surface area contributed by atoms with Crippen molar-refractivity contribution < 1.29 is 9.59 Å². The number of nitrogens with one attached hydrogen (secondary N) is 1. The first-order valence-electron chi connectivity index (χ1n) is 7.52. The first kappa shape index (κ1) is 15.6. The highest BCUT2D eigenvalue weighted by Crippen LogP contribution is 2.11. The van der Waals surface area contributed by atoms with Crippen molar-refractivity contribution in [2.75, 3.05) is 6.54 Å². The summed E-state index contributed by atoms with van der Waals surface area (Å²) in [6.07, 6.45) is 1.91. The van der Waals surface area contributed by atoms with Crippen molar-refractivity contribution in [3.05, 3.63) is 71.7 Å². The predicted molar refractivity (Wildman–Crippen MR) is 90.5 cm³/mol. The van der Waals surface area contributed by atoms with E-state index in [-0.39, 0.29) is 17.2 Å². The van der Waals surface area contributed by atoms with E-state index >= 15 is 0 Å². The van der Waals surface area contributed by atoms with Gasteiger partial charge < -0.3 is 11.1 Å². The Morgan fingerprint density at radius 3 is 2.62 bits per heavy atom. The summed E-state index contributed by atoms with van der Waals surface area (Å²) in [6, 6.07) is 14.8. The van der Waals surface area contributed by atoms with Gasteiger partial charge in [0.05, 0.1) is 11.1 Å². The van der Waals surface area contributed by atoms with Gasteiger partial charge in [-0.15, -0.1) is 0 Å². The first-order valence-corrected chi connectivity index (χ1v) is 7.52. The summed E-state index contributed by atoms with van der Waals surface area (Å²) in [4.78, 5) is 31.5. The lowest BCUT2D eigenvalue weighted by molar-refractivity contribution is 0.0946. The number of hydrogen-bond acceptors (Lipinski definition) is 4. The van der Waals surface area contributed by atoms with E-state index in [0.29, 0.717) is 13.0 Å². The van der Waals surface area contributed by atoms with Crippen molar-refractivity contribution in [1.82, 2.24) is 15.3 Å². The Labute approximate surface area is 138 Å². The quantitative estimate of drug-likeness (QED) is 0.747. The molecule has 0 spiro atoms. The minimum Gasteiger partial charge on any atom is -0.366 e. The van der Waals surface area contributed by atoms with Crippen molar-refractivity contribution >= 4 is 22.7 Å². The monoisotopic (exact) mass is 320 g/mol. The molecule has 3 aromatic rings. The van der Waals surface area contributed by atoms with Gasteiger partial charge in [0.15, 0.2) is 0 Å². The normalized spacial score (nSPS) is 10.5. The van der Waals surface area contributed by atoms with Crippen LogP contribution in [0, 0.1) is 0 Å². The molecule has 0 aliphatic carbocycles. The van der Waals surface area contributed by atoms with E-state index in [1.54, 1.807) is 0 Å². The highest BCUT2D eigenvalue weighted by atomic mass is 16.2. The number of carbonyl (C=O) groups is 2. The summed E-state index contributed by atoms with van der Waals surface area (Å²) in [6.45, 7) is 0.448. The van der Waals surface area contributed by atoms with Gasteiger partial charge in [0.1, 0.15) is 5.69 Å². The zero-order valence-electron chi connectivity index (χ0n) is 12.9. The van der Waals surface area contributed by atoms with E-state index in [9.17, 15) is 9.59 Å². The Hall–Kier alpha value is -3.28. The molecule has 0 bridgehead atoms. The predicted octanol–water partition coefficient (Wildman–Crippen LogP) is 1.70. The smallest absolute Gasteiger partial charge is 0.269 e. The van der Waals surface area contributed by atoms with Gasteiger partial charge >= 0.3 is 0 Å². The lowest BCUT2D eigenvalue weighted by atomic mass is 10.2. The molecule has 0 saturated carbocycles. The molecule has 0 aliphatic heterocycles. The van der Waals surface area contributed by atoms with Crippen LogP contribution >= 0.6 is 0 Å². The SMILES string of the molecule is NC(=O)c1ccc(C(=O)NCCc2ccc3ccccc3n2)nc1. The number of primary amides is 1. The molecule has 0 atom stereocenters. The minimum atomic E-state index is -0.572. The Kier molecular flexibility index (Phi) is 4.47. The standard InChI is InChI=1S/C18H16N4O2/c19-17(23)13-6-8-16(21-11-13)18(24)20-10-9-14-7-5-12-3-1-2-4-15(12)22-14/h1-8,11H,9-10H2,(H2,19,23)(H,20,24). The zero-order valence-corrected chi connectivity index (χ0v) is 12.9. The van der Waals surface area contributed by atoms with Gasteiger partial charge in [0, 0.05) is 30.2 Å². The van der Waals surface area contributed by atoms with Crippen LogP contribution in [0.2, 0.25) is 0 Å². The van der Waals surface area contributed by atoms with E-state index in [1.165, 1.54) is 18.3 Å². The minimum absolute atomic E-state index is 0.242. The molecule has 120 valence electrons. The Balaban J connectivity index is 1.58. The molecular formula is C18H16N4O2. The van der Waals surface area contributed by atoms with Gasteiger partial charge in [-0.25, -0.2) is 0 Å². The average Bonchev–Trinajstić information content (AvgIpc) is 2.61. The summed E-state index contributed by atoms with van der Waals surface area (Å²) in [5.74, 6) is -0.872. The molecule has 6 nitrogen and oxygen atoms in total. The molecule has 3 N–H and O–H groups in total. The highest BCUT2D eigenvalue weighted by Gasteiger charge is 2.08. The van der Waals surface area contributed by atoms with E-state index in [4.69, 9.17) is 5.73 Å². The summed E-state index contributed by atoms with van der Waals surface area (Å²) in [5.41, 5.74) is 7.49. The molecule has 2 aromatic heterocycles. The number of nitrogens with zero attached hydrogens (tertiary/aromatic N) is 2. The van der Waals surface area contributed by atoms with E-state index in [2.05, 4.69) is 15.3 Å². The third kappa shape index (κ3) is 3.55. The lowest BCUT2D eigenvalue weighted by Crippen LogP contribution is -2.27. The fraction of sp³-hybridized carbons (Fsp3) is 0.111. The van der Waals surface area contributed by atoms with Crippen LogP contribution in [0.3, 0.4) is 0 Å². The van der Waals surface area contributed by atoms with E-state index in [1.807, 2.05) is 36.4 Å². The fourth-order valence-corrected chi connectivity index (χ4v) is 2.32. The lowest BCUT2D eigenvalue weighted by Gasteiger charge is -2.06. The number of nitrogens with two attached hydrogens (primary N) is 1. The molecule has 0 fully saturated rings. The van der Waals surface area contributed by atoms with Crippen molar-refractivity contribution in [2.45, 2.75) is 6.42 Å². The number of rotatable bonds is 5. The second-order valence-electron chi connectivity index (χ2n) is 5.30. The number of amides is 2. The molecule has 2 amide bonds. The fourth-order valence-electron chi connectivity index (χ4n) is 2.32. The molecule has 0 saturated heterocycles. The third-order valence-electron chi connectivity index (χ3n) is 3.60. The van der Waals surface area contributed by atoms with Crippen LogP contribution in [-0.4, -0.2) is 28.3 Å². The van der Waals surface area contributed by atoms with Gasteiger partial charge in [-0.05, 0) is 24.3 Å². The molecular weight excluding hydrogens is 304 g/mol. The number of para-hydroxylation sites is 1. The summed E-state index contributed by atoms with van der Waals surface area (Å²) >= 11 is 0. The van der Waals surface area contributed by atoms with Crippen LogP contribution in [0.15, 0.2) is 54.7 Å². The topological polar surface area (TPSA) is 98.0 Å². The molecule has 1 aromatic carbocycles. The van der Waals surface area contributed by atoms with Gasteiger partial charge in [0.25, 0.3) is 5.91 Å². The summed E-state index contributed by atoms with van der Waals surface area (Å²) < 4.78 is 0. The Morgan fingerprint density at radius 2 is 1.88 bits per heavy atom. The Bertz CT molecular complexity index is 891. The Morgan fingerprint density at radius 1 is 1.04 bits per heavy atom. The molecule has 0 radical (unpaired) electrons. The number of benzene rings is 1. The van der Waals surface area contributed by atoms with Crippen LogP contribution in [0.5, 0.6) is 0 Å². The molecule has 3 rings (SSSR count). The van der Waals surface area contributed by atoms with Crippen molar-refractivity contribution in [3.63, 3.8) is 0 Å². The number of carbonyl (C=O) groups excluding carboxylic acids is 2. The maximum Gasteiger partial charge on any atom is 0.269 e. The van der Waals surface area contributed by atoms with Crippen molar-refractivity contribution in [1.29, 1.82) is 0 Å². The van der Waals surface area contributed by atoms with Crippen LogP contribution in [-0.2, 0) is 6.42 Å². The number of hydrogen-bond donors (Lipinski definition) is 2. The van der Waals surface area contributed by atoms with E-state index < -0.39 is 5.91 Å². The van der Waals surface area contributed by atoms with Crippen LogP contribution in [0.4, 0.5) is 0 Å². The summed E-state index contributed by atoms with van der Waals surface area (Å²) in [7, 11) is 0. The van der Waals surface area contributed by atoms with Gasteiger partial charge in [0.2, 0.25) is 5.91 Å². The van der Waals surface area contributed by atoms with Gasteiger partial charge in [-0.1, -0.05) is 24.3 Å². The molecule has 6 heteroatoms. The molecule has 0 unspecified atom stereocenters. The summed E-state index contributed by atoms with van der Waals surface area (Å²) in [5, 5.41) is 3.87. The molecule has 0 aliphatic rings. The number of pyridine rings is 2. The van der Waals surface area contributed by atoms with Gasteiger partial charge in [-0.3, -0.25) is 19.6 Å². The van der Waals surface area contributed by atoms with Crippen molar-refractivity contribution in [3.8, 4) is 0 Å².